The number of fused-ring (bicyclic) bond motifs is 1. The fourth-order valence-corrected chi connectivity index (χ4v) is 8.23. The second-order valence-electron chi connectivity index (χ2n) is 9.81. The van der Waals surface area contributed by atoms with Gasteiger partial charge in [0.15, 0.2) is 0 Å². The number of carbonyl (C=O) groups is 3. The minimum atomic E-state index is -0.658. The lowest BCUT2D eigenvalue weighted by Gasteiger charge is -2.38. The fraction of sp³-hybridized carbons (Fsp3) is 0.720. The molecule has 3 saturated heterocycles. The number of esters is 1. The average molecular weight is 479 g/mol. The maximum Gasteiger partial charge on any atom is 0.311 e. The van der Waals surface area contributed by atoms with Gasteiger partial charge in [0.05, 0.1) is 23.2 Å². The molecule has 0 radical (unpaired) electrons. The minimum Gasteiger partial charge on any atom is -0.465 e. The SMILES string of the molecule is C=CCCCOC(=O)[C@@H]1[C@H]2C(=O)N(CCCO)C(C(=O)N(CC=C)C(C)C)C23CC[C@@]1(C)S3. The predicted octanol–water partition coefficient (Wildman–Crippen LogP) is 2.78. The van der Waals surface area contributed by atoms with Crippen LogP contribution >= 0.6 is 11.8 Å². The molecule has 0 saturated carbocycles. The summed E-state index contributed by atoms with van der Waals surface area (Å²) < 4.78 is 4.53. The van der Waals surface area contributed by atoms with Crippen LogP contribution in [0.1, 0.15) is 52.9 Å². The van der Waals surface area contributed by atoms with E-state index in [1.807, 2.05) is 20.8 Å². The topological polar surface area (TPSA) is 87.1 Å². The van der Waals surface area contributed by atoms with Crippen molar-refractivity contribution in [3.05, 3.63) is 25.3 Å². The number of thioether (sulfide) groups is 1. The number of rotatable bonds is 12. The smallest absolute Gasteiger partial charge is 0.311 e. The number of hydrogen-bond donors (Lipinski definition) is 1. The minimum absolute atomic E-state index is 0.0504. The van der Waals surface area contributed by atoms with E-state index >= 15 is 0 Å². The molecule has 0 aliphatic carbocycles. The van der Waals surface area contributed by atoms with Gasteiger partial charge in [-0.25, -0.2) is 0 Å². The van der Waals surface area contributed by atoms with Crippen LogP contribution in [0.25, 0.3) is 0 Å². The number of allylic oxidation sites excluding steroid dienone is 1. The van der Waals surface area contributed by atoms with Gasteiger partial charge in [0.2, 0.25) is 11.8 Å². The Bertz CT molecular complexity index is 802. The first-order chi connectivity index (χ1) is 15.7. The highest BCUT2D eigenvalue weighted by Gasteiger charge is 2.77. The molecule has 184 valence electrons. The van der Waals surface area contributed by atoms with Crippen LogP contribution in [0.2, 0.25) is 0 Å². The van der Waals surface area contributed by atoms with Crippen LogP contribution in [0.4, 0.5) is 0 Å². The van der Waals surface area contributed by atoms with Crippen LogP contribution in [0.3, 0.4) is 0 Å². The van der Waals surface area contributed by atoms with Crippen LogP contribution in [-0.2, 0) is 19.1 Å². The highest BCUT2D eigenvalue weighted by Crippen LogP contribution is 2.71. The van der Waals surface area contributed by atoms with Gasteiger partial charge in [-0.2, -0.15) is 0 Å². The zero-order valence-electron chi connectivity index (χ0n) is 20.1. The van der Waals surface area contributed by atoms with Crippen molar-refractivity contribution in [1.29, 1.82) is 0 Å². The van der Waals surface area contributed by atoms with Crippen LogP contribution < -0.4 is 0 Å². The van der Waals surface area contributed by atoms with Gasteiger partial charge in [0.1, 0.15) is 6.04 Å². The largest absolute Gasteiger partial charge is 0.465 e. The van der Waals surface area contributed by atoms with E-state index in [0.717, 1.165) is 12.8 Å². The van der Waals surface area contributed by atoms with Crippen LogP contribution in [0.5, 0.6) is 0 Å². The Morgan fingerprint density at radius 2 is 2.03 bits per heavy atom. The molecular weight excluding hydrogens is 440 g/mol. The molecule has 3 rings (SSSR count). The molecule has 3 aliphatic rings. The number of aliphatic hydroxyl groups excluding tert-OH is 1. The summed E-state index contributed by atoms with van der Waals surface area (Å²) in [6, 6.07) is -0.708. The van der Waals surface area contributed by atoms with E-state index in [2.05, 4.69) is 13.2 Å². The number of hydrogen-bond acceptors (Lipinski definition) is 6. The molecule has 33 heavy (non-hydrogen) atoms. The predicted molar refractivity (Wildman–Crippen MR) is 130 cm³/mol. The summed E-state index contributed by atoms with van der Waals surface area (Å²) in [6.45, 7) is 14.4. The Balaban J connectivity index is 1.97. The second kappa shape index (κ2) is 10.2. The van der Waals surface area contributed by atoms with Gasteiger partial charge in [0, 0.05) is 30.5 Å². The first-order valence-corrected chi connectivity index (χ1v) is 12.8. The highest BCUT2D eigenvalue weighted by atomic mass is 32.2. The molecule has 0 aromatic heterocycles. The second-order valence-corrected chi connectivity index (χ2v) is 11.7. The van der Waals surface area contributed by atoms with Crippen molar-refractivity contribution in [1.82, 2.24) is 9.80 Å². The standard InChI is InChI=1S/C25H38N2O5S/c1-6-8-9-16-32-23(31)19-18-21(29)27(14-10-15-28)20(22(30)26(13-7-2)17(3)4)25(18)12-11-24(19,5)33-25/h6-7,17-20,28H,1-2,8-16H2,3-5H3/t18-,19-,20?,24+,25?/m0/s1. The normalized spacial score (nSPS) is 32.2. The Morgan fingerprint density at radius 3 is 2.64 bits per heavy atom. The van der Waals surface area contributed by atoms with Gasteiger partial charge >= 0.3 is 5.97 Å². The molecule has 5 atom stereocenters. The molecule has 2 unspecified atom stereocenters. The summed E-state index contributed by atoms with van der Waals surface area (Å²) in [5.74, 6) is -1.76. The molecule has 3 aliphatic heterocycles. The molecule has 7 nitrogen and oxygen atoms in total. The Labute approximate surface area is 201 Å². The van der Waals surface area contributed by atoms with E-state index in [1.165, 1.54) is 0 Å². The van der Waals surface area contributed by atoms with E-state index in [9.17, 15) is 19.5 Å². The number of carbonyl (C=O) groups excluding carboxylic acids is 3. The van der Waals surface area contributed by atoms with Crippen molar-refractivity contribution < 1.29 is 24.2 Å². The molecule has 3 heterocycles. The molecule has 3 fully saturated rings. The van der Waals surface area contributed by atoms with E-state index in [4.69, 9.17) is 4.74 Å². The maximum absolute atomic E-state index is 13.9. The third kappa shape index (κ3) is 4.36. The molecule has 8 heteroatoms. The van der Waals surface area contributed by atoms with Crippen molar-refractivity contribution in [3.63, 3.8) is 0 Å². The van der Waals surface area contributed by atoms with Crippen molar-refractivity contribution in [3.8, 4) is 0 Å². The molecule has 1 spiro atoms. The number of ether oxygens (including phenoxy) is 1. The lowest BCUT2D eigenvalue weighted by atomic mass is 9.66. The van der Waals surface area contributed by atoms with Crippen molar-refractivity contribution in [2.24, 2.45) is 11.8 Å². The lowest BCUT2D eigenvalue weighted by Crippen LogP contribution is -2.56. The lowest BCUT2D eigenvalue weighted by molar-refractivity contribution is -0.155. The van der Waals surface area contributed by atoms with Crippen molar-refractivity contribution in [2.75, 3.05) is 26.3 Å². The summed E-state index contributed by atoms with van der Waals surface area (Å²) in [4.78, 5) is 44.4. The van der Waals surface area contributed by atoms with Crippen molar-refractivity contribution in [2.45, 2.75) is 74.5 Å². The van der Waals surface area contributed by atoms with Crippen LogP contribution in [-0.4, -0.2) is 80.6 Å². The zero-order chi connectivity index (χ0) is 24.4. The number of amides is 2. The number of nitrogens with zero attached hydrogens (tertiary/aromatic N) is 2. The Kier molecular flexibility index (Phi) is 7.99. The monoisotopic (exact) mass is 478 g/mol. The molecule has 0 aromatic rings. The van der Waals surface area contributed by atoms with E-state index in [-0.39, 0.29) is 30.4 Å². The van der Waals surface area contributed by atoms with E-state index < -0.39 is 27.4 Å². The summed E-state index contributed by atoms with van der Waals surface area (Å²) in [6.07, 6.45) is 6.80. The van der Waals surface area contributed by atoms with Crippen molar-refractivity contribution >= 4 is 29.5 Å². The van der Waals surface area contributed by atoms with Crippen LogP contribution in [0.15, 0.2) is 25.3 Å². The fourth-order valence-electron chi connectivity index (χ4n) is 5.89. The molecule has 1 N–H and O–H groups in total. The zero-order valence-corrected chi connectivity index (χ0v) is 20.9. The third-order valence-corrected chi connectivity index (χ3v) is 9.34. The summed E-state index contributed by atoms with van der Waals surface area (Å²) in [7, 11) is 0. The number of unbranched alkanes of at least 4 members (excludes halogenated alkanes) is 1. The quantitative estimate of drug-likeness (QED) is 0.264. The number of likely N-dealkylation sites (tertiary alicyclic amines) is 1. The molecule has 2 amide bonds. The number of aliphatic hydroxyl groups is 1. The maximum atomic E-state index is 13.9. The first kappa shape index (κ1) is 25.8. The summed E-state index contributed by atoms with van der Waals surface area (Å²) >= 11 is 1.64. The molecule has 0 aromatic carbocycles. The Morgan fingerprint density at radius 1 is 1.30 bits per heavy atom. The third-order valence-electron chi connectivity index (χ3n) is 7.35. The van der Waals surface area contributed by atoms with Crippen LogP contribution in [0, 0.1) is 11.8 Å². The highest BCUT2D eigenvalue weighted by molar-refractivity contribution is 8.02. The van der Waals surface area contributed by atoms with E-state index in [1.54, 1.807) is 33.7 Å². The van der Waals surface area contributed by atoms with Gasteiger partial charge < -0.3 is 19.6 Å². The van der Waals surface area contributed by atoms with Gasteiger partial charge in [-0.05, 0) is 52.9 Å². The molecule has 2 bridgehead atoms. The van der Waals surface area contributed by atoms with Gasteiger partial charge in [-0.3, -0.25) is 14.4 Å². The Hall–Kier alpha value is -1.80. The van der Waals surface area contributed by atoms with E-state index in [0.29, 0.717) is 39.0 Å². The first-order valence-electron chi connectivity index (χ1n) is 12.0. The molecular formula is C25H38N2O5S. The van der Waals surface area contributed by atoms with Gasteiger partial charge in [-0.15, -0.1) is 24.9 Å². The summed E-state index contributed by atoms with van der Waals surface area (Å²) in [5, 5.41) is 9.44. The summed E-state index contributed by atoms with van der Waals surface area (Å²) in [5.41, 5.74) is 0. The van der Waals surface area contributed by atoms with Gasteiger partial charge in [0.25, 0.3) is 0 Å². The van der Waals surface area contributed by atoms with Gasteiger partial charge in [-0.1, -0.05) is 12.2 Å². The average Bonchev–Trinajstić information content (AvgIpc) is 3.33.